The van der Waals surface area contributed by atoms with E-state index in [1.54, 1.807) is 14.2 Å². The Kier molecular flexibility index (Phi) is 7.31. The van der Waals surface area contributed by atoms with Gasteiger partial charge < -0.3 is 24.3 Å². The average molecular weight is 404 g/mol. The maximum atomic E-state index is 12.1. The van der Waals surface area contributed by atoms with Gasteiger partial charge in [0, 0.05) is 17.9 Å². The molecule has 3 rings (SSSR count). The number of amides is 1. The van der Waals surface area contributed by atoms with Crippen molar-refractivity contribution in [1.29, 1.82) is 0 Å². The molecule has 2 aromatic rings. The molecule has 0 fully saturated rings. The molecule has 0 aliphatic carbocycles. The Hall–Kier alpha value is -2.54. The summed E-state index contributed by atoms with van der Waals surface area (Å²) in [5, 5.41) is 2.95. The molecule has 150 valence electrons. The summed E-state index contributed by atoms with van der Waals surface area (Å²) in [6, 6.07) is 11.6. The number of carbonyl (C=O) groups excluding carboxylic acids is 1. The number of methoxy groups -OCH3 is 2. The number of rotatable bonds is 8. The molecule has 0 unspecified atom stereocenters. The maximum Gasteiger partial charge on any atom is 0.230 e. The van der Waals surface area contributed by atoms with E-state index in [2.05, 4.69) is 5.32 Å². The number of fused-ring (bicyclic) bond motifs is 1. The average Bonchev–Trinajstić information content (AvgIpc) is 2.97. The number of benzene rings is 2. The van der Waals surface area contributed by atoms with Gasteiger partial charge in [-0.2, -0.15) is 0 Å². The summed E-state index contributed by atoms with van der Waals surface area (Å²) in [6.07, 6.45) is 1.60. The van der Waals surface area contributed by atoms with Crippen LogP contribution in [0.25, 0.3) is 0 Å². The van der Waals surface area contributed by atoms with Gasteiger partial charge in [-0.25, -0.2) is 0 Å². The van der Waals surface area contributed by atoms with Crippen LogP contribution in [0.5, 0.6) is 23.0 Å². The Balaban J connectivity index is 1.44. The Labute approximate surface area is 169 Å². The first-order chi connectivity index (χ1) is 13.7. The Morgan fingerprint density at radius 2 is 1.82 bits per heavy atom. The second-order valence-electron chi connectivity index (χ2n) is 6.24. The van der Waals surface area contributed by atoms with E-state index in [-0.39, 0.29) is 5.91 Å². The lowest BCUT2D eigenvalue weighted by atomic mass is 10.1. The van der Waals surface area contributed by atoms with Crippen molar-refractivity contribution in [3.63, 3.8) is 0 Å². The van der Waals surface area contributed by atoms with Crippen LogP contribution in [-0.2, 0) is 11.2 Å². The minimum atomic E-state index is -0.00223. The summed E-state index contributed by atoms with van der Waals surface area (Å²) < 4.78 is 21.9. The topological polar surface area (TPSA) is 66.0 Å². The smallest absolute Gasteiger partial charge is 0.230 e. The maximum absolute atomic E-state index is 12.1. The first-order valence-electron chi connectivity index (χ1n) is 9.19. The molecule has 0 spiro atoms. The predicted molar refractivity (Wildman–Crippen MR) is 109 cm³/mol. The molecule has 7 heteroatoms. The minimum Gasteiger partial charge on any atom is -0.493 e. The van der Waals surface area contributed by atoms with Crippen LogP contribution in [0.2, 0.25) is 0 Å². The Bertz CT molecular complexity index is 811. The van der Waals surface area contributed by atoms with E-state index in [1.165, 1.54) is 11.8 Å². The number of nitrogens with one attached hydrogen (secondary N) is 1. The molecule has 28 heavy (non-hydrogen) atoms. The molecule has 1 amide bonds. The summed E-state index contributed by atoms with van der Waals surface area (Å²) in [4.78, 5) is 13.1. The summed E-state index contributed by atoms with van der Waals surface area (Å²) in [6.45, 7) is 1.88. The van der Waals surface area contributed by atoms with Gasteiger partial charge in [0.1, 0.15) is 0 Å². The first-order valence-corrected chi connectivity index (χ1v) is 10.2. The van der Waals surface area contributed by atoms with Crippen molar-refractivity contribution in [3.8, 4) is 23.0 Å². The highest BCUT2D eigenvalue weighted by atomic mass is 32.2. The highest BCUT2D eigenvalue weighted by molar-refractivity contribution is 8.00. The largest absolute Gasteiger partial charge is 0.493 e. The summed E-state index contributed by atoms with van der Waals surface area (Å²) >= 11 is 1.48. The van der Waals surface area contributed by atoms with E-state index >= 15 is 0 Å². The zero-order valence-electron chi connectivity index (χ0n) is 16.2. The van der Waals surface area contributed by atoms with Crippen LogP contribution >= 0.6 is 11.8 Å². The van der Waals surface area contributed by atoms with E-state index in [4.69, 9.17) is 18.9 Å². The van der Waals surface area contributed by atoms with Crippen molar-refractivity contribution in [2.24, 2.45) is 0 Å². The molecular formula is C21H25NO5S. The number of thioether (sulfide) groups is 1. The van der Waals surface area contributed by atoms with E-state index in [1.807, 2.05) is 36.4 Å². The number of hydrogen-bond donors (Lipinski definition) is 1. The third-order valence-electron chi connectivity index (χ3n) is 4.27. The lowest BCUT2D eigenvalue weighted by molar-refractivity contribution is -0.118. The molecule has 0 saturated heterocycles. The Morgan fingerprint density at radius 3 is 2.61 bits per heavy atom. The van der Waals surface area contributed by atoms with Crippen LogP contribution in [0.1, 0.15) is 12.0 Å². The van der Waals surface area contributed by atoms with E-state index < -0.39 is 0 Å². The molecule has 2 aromatic carbocycles. The van der Waals surface area contributed by atoms with Crippen molar-refractivity contribution in [3.05, 3.63) is 42.0 Å². The van der Waals surface area contributed by atoms with Gasteiger partial charge in [-0.05, 0) is 42.3 Å². The number of ether oxygens (including phenoxy) is 4. The van der Waals surface area contributed by atoms with E-state index in [0.717, 1.165) is 34.8 Å². The number of hydrogen-bond acceptors (Lipinski definition) is 6. The van der Waals surface area contributed by atoms with Gasteiger partial charge in [-0.15, -0.1) is 11.8 Å². The molecular weight excluding hydrogens is 378 g/mol. The second-order valence-corrected chi connectivity index (χ2v) is 7.29. The van der Waals surface area contributed by atoms with Crippen LogP contribution in [0.4, 0.5) is 0 Å². The summed E-state index contributed by atoms with van der Waals surface area (Å²) in [7, 11) is 3.22. The van der Waals surface area contributed by atoms with Gasteiger partial charge in [0.2, 0.25) is 5.91 Å². The molecule has 0 atom stereocenters. The molecule has 1 N–H and O–H groups in total. The van der Waals surface area contributed by atoms with Crippen molar-refractivity contribution in [2.45, 2.75) is 17.7 Å². The Morgan fingerprint density at radius 1 is 1.04 bits per heavy atom. The van der Waals surface area contributed by atoms with Gasteiger partial charge in [0.25, 0.3) is 0 Å². The van der Waals surface area contributed by atoms with Crippen LogP contribution in [0, 0.1) is 0 Å². The zero-order chi connectivity index (χ0) is 19.8. The highest BCUT2D eigenvalue weighted by Gasteiger charge is 2.12. The zero-order valence-corrected chi connectivity index (χ0v) is 17.0. The molecule has 0 aromatic heterocycles. The van der Waals surface area contributed by atoms with Gasteiger partial charge in [0.05, 0.1) is 33.2 Å². The third-order valence-corrected chi connectivity index (χ3v) is 5.27. The first kappa shape index (κ1) is 20.2. The van der Waals surface area contributed by atoms with Crippen molar-refractivity contribution in [2.75, 3.05) is 39.7 Å². The SMILES string of the molecule is COc1ccc(CCNC(=O)CSc2ccc3c(c2)OCCCO3)cc1OC. The quantitative estimate of drug-likeness (QED) is 0.682. The molecule has 0 bridgehead atoms. The monoisotopic (exact) mass is 403 g/mol. The van der Waals surface area contributed by atoms with Crippen molar-refractivity contribution in [1.82, 2.24) is 5.32 Å². The highest BCUT2D eigenvalue weighted by Crippen LogP contribution is 2.33. The molecule has 0 saturated carbocycles. The molecule has 6 nitrogen and oxygen atoms in total. The summed E-state index contributed by atoms with van der Waals surface area (Å²) in [5.41, 5.74) is 1.08. The minimum absolute atomic E-state index is 0.00223. The number of carbonyl (C=O) groups is 1. The molecule has 0 radical (unpaired) electrons. The third kappa shape index (κ3) is 5.48. The normalized spacial score (nSPS) is 12.8. The lowest BCUT2D eigenvalue weighted by Crippen LogP contribution is -2.27. The fourth-order valence-corrected chi connectivity index (χ4v) is 3.57. The molecule has 1 heterocycles. The van der Waals surface area contributed by atoms with Gasteiger partial charge >= 0.3 is 0 Å². The fourth-order valence-electron chi connectivity index (χ4n) is 2.82. The van der Waals surface area contributed by atoms with Gasteiger partial charge in [0.15, 0.2) is 23.0 Å². The van der Waals surface area contributed by atoms with Gasteiger partial charge in [-0.1, -0.05) is 6.07 Å². The second kappa shape index (κ2) is 10.1. The predicted octanol–water partition coefficient (Wildman–Crippen LogP) is 3.32. The summed E-state index contributed by atoms with van der Waals surface area (Å²) in [5.74, 6) is 3.25. The van der Waals surface area contributed by atoms with Crippen LogP contribution in [-0.4, -0.2) is 45.6 Å². The van der Waals surface area contributed by atoms with Gasteiger partial charge in [-0.3, -0.25) is 4.79 Å². The standard InChI is InChI=1S/C21H25NO5S/c1-24-17-6-4-15(12-19(17)25-2)8-9-22-21(23)14-28-16-5-7-18-20(13-16)27-11-3-10-26-18/h4-7,12-13H,3,8-11,14H2,1-2H3,(H,22,23). The van der Waals surface area contributed by atoms with Crippen LogP contribution < -0.4 is 24.3 Å². The van der Waals surface area contributed by atoms with E-state index in [9.17, 15) is 4.79 Å². The van der Waals surface area contributed by atoms with Crippen molar-refractivity contribution >= 4 is 17.7 Å². The fraction of sp³-hybridized carbons (Fsp3) is 0.381. The molecule has 1 aliphatic heterocycles. The van der Waals surface area contributed by atoms with Crippen LogP contribution in [0.3, 0.4) is 0 Å². The van der Waals surface area contributed by atoms with E-state index in [0.29, 0.717) is 37.0 Å². The molecule has 1 aliphatic rings. The van der Waals surface area contributed by atoms with Crippen molar-refractivity contribution < 1.29 is 23.7 Å². The lowest BCUT2D eigenvalue weighted by Gasteiger charge is -2.10. The van der Waals surface area contributed by atoms with Crippen LogP contribution in [0.15, 0.2) is 41.3 Å².